The van der Waals surface area contributed by atoms with E-state index in [1.807, 2.05) is 0 Å². The number of carboxylic acid groups (broad SMARTS) is 1. The van der Waals surface area contributed by atoms with Gasteiger partial charge in [-0.15, -0.1) is 0 Å². The number of aliphatic carboxylic acids is 1. The second-order valence-corrected chi connectivity index (χ2v) is 0.960. The molecule has 0 amide bonds. The minimum atomic E-state index is -2.35. The summed E-state index contributed by atoms with van der Waals surface area (Å²) in [4.78, 5) is 9.32. The smallest absolute Gasteiger partial charge is 0.341 e. The summed E-state index contributed by atoms with van der Waals surface area (Å²) in [7, 11) is 0. The molecule has 0 fully saturated rings. The summed E-state index contributed by atoms with van der Waals surface area (Å²) in [5.74, 6) is -1.75. The zero-order chi connectivity index (χ0) is 5.86. The fourth-order valence-electron chi connectivity index (χ4n) is 0.0660. The van der Waals surface area contributed by atoms with E-state index in [4.69, 9.17) is 5.11 Å². The molecule has 3 radical (unpaired) electrons. The largest absolute Gasteiger partial charge is 0.479 e. The average Bonchev–Trinajstić information content (AvgIpc) is 1.65. The molecule has 0 aromatic rings. The molecular weight excluding hydrogens is 221 g/mol. The van der Waals surface area contributed by atoms with Gasteiger partial charge in [-0.3, -0.25) is 0 Å². The van der Waals surface area contributed by atoms with Crippen LogP contribution >= 0.6 is 0 Å². The fraction of sp³-hybridized carbons (Fsp3) is 0.667. The van der Waals surface area contributed by atoms with E-state index in [-0.39, 0.29) is 25.8 Å². The minimum Gasteiger partial charge on any atom is -0.479 e. The van der Waals surface area contributed by atoms with E-state index in [0.29, 0.717) is 0 Å². The van der Waals surface area contributed by atoms with E-state index < -0.39 is 18.8 Å². The van der Waals surface area contributed by atoms with Gasteiger partial charge in [0.05, 0.1) is 0 Å². The zero-order valence-electron chi connectivity index (χ0n) is 3.97. The molecule has 0 saturated heterocycles. The second-order valence-electron chi connectivity index (χ2n) is 0.960. The van der Waals surface area contributed by atoms with Crippen LogP contribution in [-0.2, 0) is 4.79 Å². The number of hydrogen-bond acceptors (Lipinski definition) is 1. The van der Waals surface area contributed by atoms with Gasteiger partial charge in [0.1, 0.15) is 6.67 Å². The molecule has 5 heteroatoms. The van der Waals surface area contributed by atoms with E-state index in [2.05, 4.69) is 0 Å². The molecule has 0 aliphatic heterocycles. The quantitative estimate of drug-likeness (QED) is 0.717. The van der Waals surface area contributed by atoms with Crippen LogP contribution in [0.25, 0.3) is 0 Å². The van der Waals surface area contributed by atoms with E-state index >= 15 is 0 Å². The first-order valence-electron chi connectivity index (χ1n) is 1.61. The first-order valence-corrected chi connectivity index (χ1v) is 1.61. The molecule has 0 aromatic carbocycles. The third-order valence-electron chi connectivity index (χ3n) is 0.403. The molecule has 8 heavy (non-hydrogen) atoms. The third-order valence-corrected chi connectivity index (χ3v) is 0.403. The molecular formula is C3H4F2InO2. The summed E-state index contributed by atoms with van der Waals surface area (Å²) < 4.78 is 22.2. The van der Waals surface area contributed by atoms with Crippen LogP contribution in [0.1, 0.15) is 0 Å². The van der Waals surface area contributed by atoms with Crippen LogP contribution in [0.4, 0.5) is 8.78 Å². The van der Waals surface area contributed by atoms with Gasteiger partial charge >= 0.3 is 5.97 Å². The topological polar surface area (TPSA) is 37.3 Å². The maximum Gasteiger partial charge on any atom is 0.341 e. The summed E-state index contributed by atoms with van der Waals surface area (Å²) in [5, 5.41) is 7.57. The molecule has 2 nitrogen and oxygen atoms in total. The van der Waals surface area contributed by atoms with Crippen LogP contribution in [0, 0.1) is 0 Å². The predicted octanol–water partition coefficient (Wildman–Crippen LogP) is -0.00220. The Bertz CT molecular complexity index is 77.7. The molecule has 1 atom stereocenters. The predicted molar refractivity (Wildman–Crippen MR) is 24.3 cm³/mol. The van der Waals surface area contributed by atoms with Gasteiger partial charge in [-0.25, -0.2) is 13.6 Å². The van der Waals surface area contributed by atoms with Crippen LogP contribution < -0.4 is 0 Å². The van der Waals surface area contributed by atoms with E-state index in [1.54, 1.807) is 0 Å². The van der Waals surface area contributed by atoms with Gasteiger partial charge in [-0.05, 0) is 0 Å². The number of alkyl halides is 2. The standard InChI is InChI=1S/C3H4F2O2.In/c4-1-2(5)3(6)7;/h2H,1H2,(H,6,7);. The van der Waals surface area contributed by atoms with Crippen LogP contribution in [0.2, 0.25) is 0 Å². The summed E-state index contributed by atoms with van der Waals surface area (Å²) in [6, 6.07) is 0. The average molecular weight is 225 g/mol. The molecule has 0 saturated carbocycles. The van der Waals surface area contributed by atoms with Crippen LogP contribution in [0.3, 0.4) is 0 Å². The van der Waals surface area contributed by atoms with Crippen molar-refractivity contribution in [1.29, 1.82) is 0 Å². The Morgan fingerprint density at radius 2 is 2.12 bits per heavy atom. The van der Waals surface area contributed by atoms with Crippen molar-refractivity contribution in [2.24, 2.45) is 0 Å². The number of hydrogen-bond donors (Lipinski definition) is 1. The van der Waals surface area contributed by atoms with Crippen molar-refractivity contribution in [3.63, 3.8) is 0 Å². The van der Waals surface area contributed by atoms with Crippen LogP contribution in [-0.4, -0.2) is 49.8 Å². The van der Waals surface area contributed by atoms with Gasteiger partial charge in [-0.1, -0.05) is 0 Å². The Hall–Kier alpha value is 0.200. The summed E-state index contributed by atoms with van der Waals surface area (Å²) >= 11 is 0. The molecule has 0 heterocycles. The Balaban J connectivity index is 0. The van der Waals surface area contributed by atoms with Crippen LogP contribution in [0.15, 0.2) is 0 Å². The normalized spacial score (nSPS) is 11.8. The van der Waals surface area contributed by atoms with Gasteiger partial charge in [0.25, 0.3) is 0 Å². The molecule has 0 aliphatic rings. The second kappa shape index (κ2) is 5.34. The molecule has 0 rings (SSSR count). The Labute approximate surface area is 63.7 Å². The Morgan fingerprint density at radius 3 is 2.12 bits per heavy atom. The van der Waals surface area contributed by atoms with Crippen LogP contribution in [0.5, 0.6) is 0 Å². The molecule has 1 unspecified atom stereocenters. The minimum absolute atomic E-state index is 0. The summed E-state index contributed by atoms with van der Waals surface area (Å²) in [6.45, 7) is -1.45. The van der Waals surface area contributed by atoms with Gasteiger partial charge in [0.15, 0.2) is 0 Å². The maximum absolute atomic E-state index is 11.3. The van der Waals surface area contributed by atoms with Crippen molar-refractivity contribution in [1.82, 2.24) is 0 Å². The van der Waals surface area contributed by atoms with E-state index in [9.17, 15) is 13.6 Å². The maximum atomic E-state index is 11.3. The van der Waals surface area contributed by atoms with E-state index in [0.717, 1.165) is 0 Å². The molecule has 0 spiro atoms. The summed E-state index contributed by atoms with van der Waals surface area (Å²) in [6.07, 6.45) is -2.35. The Kier molecular flexibility index (Phi) is 7.38. The molecule has 0 aliphatic carbocycles. The summed E-state index contributed by atoms with van der Waals surface area (Å²) in [5.41, 5.74) is 0. The number of carboxylic acids is 1. The van der Waals surface area contributed by atoms with Crippen molar-refractivity contribution < 1.29 is 18.7 Å². The first-order chi connectivity index (χ1) is 3.18. The Morgan fingerprint density at radius 1 is 1.75 bits per heavy atom. The van der Waals surface area contributed by atoms with Crippen molar-refractivity contribution in [3.8, 4) is 0 Å². The SMILES string of the molecule is O=C(O)C(F)CF.[In]. The van der Waals surface area contributed by atoms with E-state index in [1.165, 1.54) is 0 Å². The molecule has 0 aromatic heterocycles. The fourth-order valence-corrected chi connectivity index (χ4v) is 0.0660. The zero-order valence-corrected chi connectivity index (χ0v) is 7.27. The van der Waals surface area contributed by atoms with Gasteiger partial charge in [-0.2, -0.15) is 0 Å². The molecule has 1 N–H and O–H groups in total. The molecule has 0 bridgehead atoms. The van der Waals surface area contributed by atoms with Gasteiger partial charge in [0, 0.05) is 25.8 Å². The van der Waals surface area contributed by atoms with Crippen molar-refractivity contribution in [2.45, 2.75) is 6.17 Å². The monoisotopic (exact) mass is 225 g/mol. The third kappa shape index (κ3) is 4.36. The number of rotatable bonds is 2. The van der Waals surface area contributed by atoms with Crippen molar-refractivity contribution >= 4 is 31.8 Å². The number of carbonyl (C=O) groups is 1. The number of halogens is 2. The van der Waals surface area contributed by atoms with Crippen molar-refractivity contribution in [3.05, 3.63) is 0 Å². The van der Waals surface area contributed by atoms with Gasteiger partial charge < -0.3 is 5.11 Å². The first kappa shape index (κ1) is 11.1. The van der Waals surface area contributed by atoms with Crippen molar-refractivity contribution in [2.75, 3.05) is 6.67 Å². The van der Waals surface area contributed by atoms with Gasteiger partial charge in [0.2, 0.25) is 6.17 Å². The molecule has 45 valence electrons.